The summed E-state index contributed by atoms with van der Waals surface area (Å²) >= 11 is 0. The van der Waals surface area contributed by atoms with Crippen LogP contribution < -0.4 is 26.0 Å². The fraction of sp³-hybridized carbons (Fsp3) is 0.120. The van der Waals surface area contributed by atoms with Crippen LogP contribution in [0.2, 0.25) is 0 Å². The van der Waals surface area contributed by atoms with Crippen LogP contribution in [0.25, 0.3) is 66.4 Å². The van der Waals surface area contributed by atoms with Crippen molar-refractivity contribution < 1.29 is 4.42 Å². The molecule has 12 aromatic rings. The maximum atomic E-state index is 7.17. The lowest BCUT2D eigenvalue weighted by atomic mass is 9.57. The molecular weight excluding hydrogens is 970 g/mol. The molecule has 0 radical (unpaired) electrons. The number of hydrogen-bond acceptors (Lipinski definition) is 4. The molecule has 0 aliphatic carbocycles. The molecule has 0 bridgehead atoms. The van der Waals surface area contributed by atoms with E-state index in [4.69, 9.17) is 4.42 Å². The lowest BCUT2D eigenvalue weighted by Crippen LogP contribution is -2.41. The number of fused-ring (bicyclic) bond motifs is 6. The Hall–Kier alpha value is -9.32. The molecule has 1 aromatic heterocycles. The predicted molar refractivity (Wildman–Crippen MR) is 343 cm³/mol. The summed E-state index contributed by atoms with van der Waals surface area (Å²) in [5, 5.41) is 6.21. The van der Waals surface area contributed by atoms with E-state index < -0.39 is 0 Å². The van der Waals surface area contributed by atoms with E-state index in [1.54, 1.807) is 0 Å². The van der Waals surface area contributed by atoms with Gasteiger partial charge in [-0.2, -0.15) is 0 Å². The molecule has 1 N–H and O–H groups in total. The maximum absolute atomic E-state index is 7.17. The van der Waals surface area contributed by atoms with Gasteiger partial charge in [0.05, 0.1) is 5.69 Å². The van der Waals surface area contributed by atoms with Crippen molar-refractivity contribution in [2.75, 3.05) is 15.1 Å². The zero-order chi connectivity index (χ0) is 54.7. The SMILES string of the molecule is Cc1ccc(-c2ccccc2)cc1N1c2ccc(-c3ccccc3)cc2Bc2c(-c3ccc(N(c4ccc(C(C)(C)C)cc4)c4ccc(C(C)(C)C)cc4)cc3Nc3ccc(-c4ccccc4)cc3)cc3c(oc4ccccc43)c21. The van der Waals surface area contributed by atoms with Gasteiger partial charge in [-0.25, -0.2) is 0 Å². The summed E-state index contributed by atoms with van der Waals surface area (Å²) in [6, 6.07) is 91.1. The molecule has 0 saturated carbocycles. The molecule has 13 rings (SSSR count). The number of hydrogen-bond donors (Lipinski definition) is 1. The first-order valence-corrected chi connectivity index (χ1v) is 28.0. The Kier molecular flexibility index (Phi) is 12.7. The average Bonchev–Trinajstić information content (AvgIpc) is 4.07. The van der Waals surface area contributed by atoms with Gasteiger partial charge >= 0.3 is 0 Å². The quantitative estimate of drug-likeness (QED) is 0.138. The summed E-state index contributed by atoms with van der Waals surface area (Å²) in [6.07, 6.45) is 0. The minimum absolute atomic E-state index is 0.00959. The van der Waals surface area contributed by atoms with E-state index in [0.717, 1.165) is 84.1 Å². The molecule has 0 unspecified atom stereocenters. The van der Waals surface area contributed by atoms with Gasteiger partial charge in [0.15, 0.2) is 12.9 Å². The number of rotatable bonds is 10. The Balaban J connectivity index is 1.07. The molecule has 1 aliphatic rings. The third kappa shape index (κ3) is 9.43. The second kappa shape index (κ2) is 20.2. The molecular formula is C75H64BN3O. The van der Waals surface area contributed by atoms with Gasteiger partial charge in [0.25, 0.3) is 0 Å². The molecule has 0 spiro atoms. The number of anilines is 8. The summed E-state index contributed by atoms with van der Waals surface area (Å²) in [4.78, 5) is 4.91. The van der Waals surface area contributed by atoms with Gasteiger partial charge in [-0.15, -0.1) is 0 Å². The topological polar surface area (TPSA) is 31.6 Å². The number of benzene rings is 11. The Bertz CT molecular complexity index is 4170. The van der Waals surface area contributed by atoms with Gasteiger partial charge in [-0.3, -0.25) is 0 Å². The normalized spacial score (nSPS) is 12.3. The highest BCUT2D eigenvalue weighted by Crippen LogP contribution is 2.49. The first-order chi connectivity index (χ1) is 38.8. The third-order valence-electron chi connectivity index (χ3n) is 16.1. The molecule has 388 valence electrons. The van der Waals surface area contributed by atoms with Crippen molar-refractivity contribution in [1.82, 2.24) is 0 Å². The fourth-order valence-corrected chi connectivity index (χ4v) is 11.7. The Morgan fingerprint density at radius 3 is 1.54 bits per heavy atom. The summed E-state index contributed by atoms with van der Waals surface area (Å²) < 4.78 is 7.17. The van der Waals surface area contributed by atoms with E-state index in [2.05, 4.69) is 312 Å². The Morgan fingerprint density at radius 1 is 0.425 bits per heavy atom. The number of nitrogens with one attached hydrogen (secondary N) is 1. The van der Waals surface area contributed by atoms with Crippen molar-refractivity contribution in [3.8, 4) is 44.5 Å². The van der Waals surface area contributed by atoms with Crippen LogP contribution in [0.5, 0.6) is 0 Å². The number of furan rings is 1. The van der Waals surface area contributed by atoms with Gasteiger partial charge in [-0.05, 0) is 152 Å². The monoisotopic (exact) mass is 1030 g/mol. The number of para-hydroxylation sites is 1. The molecule has 2 heterocycles. The maximum Gasteiger partial charge on any atom is 0.198 e. The first-order valence-electron chi connectivity index (χ1n) is 28.0. The largest absolute Gasteiger partial charge is 0.454 e. The zero-order valence-corrected chi connectivity index (χ0v) is 46.7. The number of aryl methyl sites for hydroxylation is 1. The van der Waals surface area contributed by atoms with Gasteiger partial charge in [-0.1, -0.05) is 223 Å². The molecule has 0 saturated heterocycles. The van der Waals surface area contributed by atoms with Crippen molar-refractivity contribution in [2.45, 2.75) is 59.3 Å². The lowest BCUT2D eigenvalue weighted by molar-refractivity contribution is 0.590. The van der Waals surface area contributed by atoms with Crippen LogP contribution in [-0.2, 0) is 10.8 Å². The average molecular weight is 1030 g/mol. The zero-order valence-electron chi connectivity index (χ0n) is 46.7. The second-order valence-corrected chi connectivity index (χ2v) is 23.5. The number of nitrogens with zero attached hydrogens (tertiary/aromatic N) is 2. The molecule has 0 amide bonds. The molecule has 11 aromatic carbocycles. The smallest absolute Gasteiger partial charge is 0.198 e. The first kappa shape index (κ1) is 50.2. The molecule has 1 aliphatic heterocycles. The predicted octanol–water partition coefficient (Wildman–Crippen LogP) is 19.5. The van der Waals surface area contributed by atoms with Crippen molar-refractivity contribution in [1.29, 1.82) is 0 Å². The summed E-state index contributed by atoms with van der Waals surface area (Å²) in [7, 11) is 0.681. The summed E-state index contributed by atoms with van der Waals surface area (Å²) in [6.45, 7) is 15.9. The highest BCUT2D eigenvalue weighted by molar-refractivity contribution is 6.74. The molecule has 4 nitrogen and oxygen atoms in total. The van der Waals surface area contributed by atoms with E-state index in [1.165, 1.54) is 55.4 Å². The van der Waals surface area contributed by atoms with Crippen LogP contribution in [0.15, 0.2) is 253 Å². The fourth-order valence-electron chi connectivity index (χ4n) is 11.7. The van der Waals surface area contributed by atoms with Crippen LogP contribution in [0, 0.1) is 6.92 Å². The van der Waals surface area contributed by atoms with Crippen LogP contribution in [0.1, 0.15) is 58.2 Å². The van der Waals surface area contributed by atoms with Gasteiger partial charge < -0.3 is 19.5 Å². The van der Waals surface area contributed by atoms with Crippen LogP contribution >= 0.6 is 0 Å². The highest BCUT2D eigenvalue weighted by atomic mass is 16.3. The van der Waals surface area contributed by atoms with Gasteiger partial charge in [0, 0.05) is 56.1 Å². The Labute approximate surface area is 471 Å². The molecule has 5 heteroatoms. The third-order valence-corrected chi connectivity index (χ3v) is 16.1. The lowest BCUT2D eigenvalue weighted by Gasteiger charge is -2.36. The van der Waals surface area contributed by atoms with Gasteiger partial charge in [0.1, 0.15) is 5.58 Å². The van der Waals surface area contributed by atoms with Crippen molar-refractivity contribution >= 4 is 85.6 Å². The molecule has 0 atom stereocenters. The van der Waals surface area contributed by atoms with E-state index in [1.807, 2.05) is 0 Å². The second-order valence-electron chi connectivity index (χ2n) is 23.5. The van der Waals surface area contributed by atoms with Crippen molar-refractivity contribution in [2.24, 2.45) is 0 Å². The van der Waals surface area contributed by atoms with Gasteiger partial charge in [0.2, 0.25) is 0 Å². The van der Waals surface area contributed by atoms with Crippen LogP contribution in [0.4, 0.5) is 45.5 Å². The standard InChI is InChI=1S/C75H64BN3O/c1-49-27-28-55(52-23-15-10-16-24-52)46-69(49)79-68-44-31-54(51-21-13-9-14-22-51)45-66(68)76-71-64(48-65-63-25-17-18-26-70(63)80-73(65)72(71)79)62-43-42-61(47-67(62)77-58-36-29-53(30-37-58)50-19-11-8-12-20-50)78(59-38-32-56(33-39-59)74(2,3)4)60-40-34-57(35-41-60)75(5,6)7/h8-48,76-77H,1-7H3. The van der Waals surface area contributed by atoms with E-state index in [-0.39, 0.29) is 10.8 Å². The molecule has 80 heavy (non-hydrogen) atoms. The molecule has 0 fully saturated rings. The van der Waals surface area contributed by atoms with E-state index >= 15 is 0 Å². The summed E-state index contributed by atoms with van der Waals surface area (Å²) in [5.41, 5.74) is 25.7. The van der Waals surface area contributed by atoms with Crippen LogP contribution in [-0.4, -0.2) is 7.28 Å². The van der Waals surface area contributed by atoms with Crippen molar-refractivity contribution in [3.63, 3.8) is 0 Å². The minimum Gasteiger partial charge on any atom is -0.454 e. The summed E-state index contributed by atoms with van der Waals surface area (Å²) in [5.74, 6) is 0. The van der Waals surface area contributed by atoms with Crippen LogP contribution in [0.3, 0.4) is 0 Å². The highest BCUT2D eigenvalue weighted by Gasteiger charge is 2.34. The van der Waals surface area contributed by atoms with E-state index in [0.29, 0.717) is 7.28 Å². The Morgan fingerprint density at radius 2 is 0.938 bits per heavy atom. The van der Waals surface area contributed by atoms with Crippen molar-refractivity contribution in [3.05, 3.63) is 265 Å². The van der Waals surface area contributed by atoms with E-state index in [9.17, 15) is 0 Å². The minimum atomic E-state index is 0.00959.